The third-order valence-corrected chi connectivity index (χ3v) is 1.61. The van der Waals surface area contributed by atoms with Crippen molar-refractivity contribution in [2.24, 2.45) is 5.73 Å². The first kappa shape index (κ1) is 9.60. The molecule has 0 unspecified atom stereocenters. The minimum absolute atomic E-state index is 0.134. The summed E-state index contributed by atoms with van der Waals surface area (Å²) in [6.45, 7) is 0. The van der Waals surface area contributed by atoms with Crippen LogP contribution in [0.25, 0.3) is 0 Å². The maximum absolute atomic E-state index is 12.6. The number of amides is 1. The molecule has 0 atom stereocenters. The van der Waals surface area contributed by atoms with E-state index in [0.29, 0.717) is 5.69 Å². The van der Waals surface area contributed by atoms with Gasteiger partial charge in [-0.2, -0.15) is 0 Å². The van der Waals surface area contributed by atoms with Crippen molar-refractivity contribution >= 4 is 28.8 Å². The number of rotatable bonds is 1. The summed E-state index contributed by atoms with van der Waals surface area (Å²) in [4.78, 5) is 10.4. The van der Waals surface area contributed by atoms with Crippen molar-refractivity contribution in [2.75, 3.05) is 5.32 Å². The largest absolute Gasteiger partial charge is 0.364 e. The number of benzene rings is 1. The Kier molecular flexibility index (Phi) is 2.92. The van der Waals surface area contributed by atoms with Crippen molar-refractivity contribution < 1.29 is 9.18 Å². The van der Waals surface area contributed by atoms with Crippen LogP contribution in [-0.2, 0) is 4.79 Å². The molecular formula is C8H7FN2OS. The number of primary amides is 1. The van der Waals surface area contributed by atoms with Gasteiger partial charge in [0.15, 0.2) is 4.99 Å². The molecule has 0 fully saturated rings. The Balaban J connectivity index is 2.75. The number of carbonyl (C=O) groups excluding carboxylic acids is 1. The summed E-state index contributed by atoms with van der Waals surface area (Å²) in [5, 5.41) is 2.50. The smallest absolute Gasteiger partial charge is 0.276 e. The van der Waals surface area contributed by atoms with E-state index in [1.807, 2.05) is 0 Å². The van der Waals surface area contributed by atoms with Gasteiger partial charge >= 0.3 is 0 Å². The van der Waals surface area contributed by atoms with Crippen LogP contribution in [-0.4, -0.2) is 10.9 Å². The third kappa shape index (κ3) is 2.79. The number of nitrogens with one attached hydrogen (secondary N) is 1. The van der Waals surface area contributed by atoms with Gasteiger partial charge in [-0.05, 0) is 18.2 Å². The number of hydrogen-bond acceptors (Lipinski definition) is 2. The topological polar surface area (TPSA) is 55.1 Å². The van der Waals surface area contributed by atoms with Crippen molar-refractivity contribution in [1.82, 2.24) is 0 Å². The number of hydrogen-bond donors (Lipinski definition) is 2. The molecule has 0 heterocycles. The molecule has 0 saturated carbocycles. The molecular weight excluding hydrogens is 191 g/mol. The lowest BCUT2D eigenvalue weighted by molar-refractivity contribution is -0.111. The van der Waals surface area contributed by atoms with Crippen LogP contribution in [0.15, 0.2) is 24.3 Å². The first-order valence-electron chi connectivity index (χ1n) is 3.46. The Morgan fingerprint density at radius 1 is 1.54 bits per heavy atom. The van der Waals surface area contributed by atoms with Gasteiger partial charge in [0, 0.05) is 5.69 Å². The molecule has 0 radical (unpaired) electrons. The van der Waals surface area contributed by atoms with Crippen LogP contribution < -0.4 is 11.1 Å². The molecule has 0 spiro atoms. The highest BCUT2D eigenvalue weighted by Gasteiger charge is 2.03. The number of halogens is 1. The van der Waals surface area contributed by atoms with Crippen molar-refractivity contribution in [3.8, 4) is 0 Å². The van der Waals surface area contributed by atoms with Crippen molar-refractivity contribution in [3.63, 3.8) is 0 Å². The summed E-state index contributed by atoms with van der Waals surface area (Å²) in [6, 6.07) is 5.59. The van der Waals surface area contributed by atoms with Gasteiger partial charge in [-0.25, -0.2) is 4.39 Å². The maximum Gasteiger partial charge on any atom is 0.276 e. The van der Waals surface area contributed by atoms with Crippen LogP contribution in [0.1, 0.15) is 0 Å². The molecule has 68 valence electrons. The van der Waals surface area contributed by atoms with Gasteiger partial charge in [-0.1, -0.05) is 18.3 Å². The van der Waals surface area contributed by atoms with E-state index in [2.05, 4.69) is 17.5 Å². The molecule has 3 N–H and O–H groups in total. The van der Waals surface area contributed by atoms with E-state index >= 15 is 0 Å². The molecule has 5 heteroatoms. The van der Waals surface area contributed by atoms with E-state index in [0.717, 1.165) is 0 Å². The average molecular weight is 198 g/mol. The summed E-state index contributed by atoms with van der Waals surface area (Å²) in [5.41, 5.74) is 5.29. The highest BCUT2D eigenvalue weighted by Crippen LogP contribution is 2.08. The Morgan fingerprint density at radius 3 is 2.77 bits per heavy atom. The molecule has 0 aromatic heterocycles. The van der Waals surface area contributed by atoms with E-state index in [1.165, 1.54) is 18.2 Å². The molecule has 0 bridgehead atoms. The van der Waals surface area contributed by atoms with E-state index in [1.54, 1.807) is 6.07 Å². The average Bonchev–Trinajstić information content (AvgIpc) is 2.04. The first-order valence-corrected chi connectivity index (χ1v) is 3.87. The molecule has 1 amide bonds. The number of carbonyl (C=O) groups is 1. The highest BCUT2D eigenvalue weighted by molar-refractivity contribution is 7.82. The zero-order valence-electron chi connectivity index (χ0n) is 6.58. The summed E-state index contributed by atoms with van der Waals surface area (Å²) in [6.07, 6.45) is 0. The second kappa shape index (κ2) is 3.95. The molecule has 1 aromatic carbocycles. The van der Waals surface area contributed by atoms with Crippen LogP contribution >= 0.6 is 12.2 Å². The summed E-state index contributed by atoms with van der Waals surface area (Å²) in [7, 11) is 0. The Bertz CT molecular complexity index is 354. The lowest BCUT2D eigenvalue weighted by atomic mass is 10.3. The fraction of sp³-hybridized carbons (Fsp3) is 0. The van der Waals surface area contributed by atoms with Gasteiger partial charge in [0.1, 0.15) is 5.82 Å². The van der Waals surface area contributed by atoms with Gasteiger partial charge in [0.05, 0.1) is 0 Å². The van der Waals surface area contributed by atoms with Gasteiger partial charge in [0.2, 0.25) is 0 Å². The molecule has 3 nitrogen and oxygen atoms in total. The number of anilines is 1. The predicted octanol–water partition coefficient (Wildman–Crippen LogP) is 1.05. The van der Waals surface area contributed by atoms with Crippen LogP contribution in [0.3, 0.4) is 0 Å². The zero-order valence-corrected chi connectivity index (χ0v) is 7.40. The minimum Gasteiger partial charge on any atom is -0.364 e. The SMILES string of the molecule is NC(=O)C(=S)Nc1cccc(F)c1. The van der Waals surface area contributed by atoms with Crippen LogP contribution in [0, 0.1) is 5.82 Å². The Hall–Kier alpha value is -1.49. The predicted molar refractivity (Wildman–Crippen MR) is 51.8 cm³/mol. The van der Waals surface area contributed by atoms with Crippen molar-refractivity contribution in [1.29, 1.82) is 0 Å². The van der Waals surface area contributed by atoms with Gasteiger partial charge in [-0.15, -0.1) is 0 Å². The van der Waals surface area contributed by atoms with E-state index in [-0.39, 0.29) is 4.99 Å². The van der Waals surface area contributed by atoms with Gasteiger partial charge < -0.3 is 11.1 Å². The van der Waals surface area contributed by atoms with Crippen LogP contribution in [0.5, 0.6) is 0 Å². The normalized spacial score (nSPS) is 9.31. The quantitative estimate of drug-likeness (QED) is 0.663. The lowest BCUT2D eigenvalue weighted by Crippen LogP contribution is -2.27. The van der Waals surface area contributed by atoms with Crippen molar-refractivity contribution in [2.45, 2.75) is 0 Å². The van der Waals surface area contributed by atoms with Crippen molar-refractivity contribution in [3.05, 3.63) is 30.1 Å². The summed E-state index contributed by atoms with van der Waals surface area (Å²) < 4.78 is 12.6. The highest BCUT2D eigenvalue weighted by atomic mass is 32.1. The molecule has 13 heavy (non-hydrogen) atoms. The first-order chi connectivity index (χ1) is 6.09. The molecule has 0 saturated heterocycles. The minimum atomic E-state index is -0.737. The lowest BCUT2D eigenvalue weighted by Gasteiger charge is -2.03. The summed E-state index contributed by atoms with van der Waals surface area (Å²) >= 11 is 4.60. The molecule has 1 rings (SSSR count). The fourth-order valence-electron chi connectivity index (χ4n) is 0.759. The Labute approximate surface area is 79.7 Å². The second-order valence-electron chi connectivity index (χ2n) is 2.33. The standard InChI is InChI=1S/C8H7FN2OS/c9-5-2-1-3-6(4-5)11-8(13)7(10)12/h1-4H,(H2,10,12)(H,11,13). The van der Waals surface area contributed by atoms with Gasteiger partial charge in [-0.3, -0.25) is 4.79 Å². The molecule has 0 aliphatic carbocycles. The van der Waals surface area contributed by atoms with E-state index in [4.69, 9.17) is 5.73 Å². The van der Waals surface area contributed by atoms with Crippen LogP contribution in [0.2, 0.25) is 0 Å². The Morgan fingerprint density at radius 2 is 2.23 bits per heavy atom. The molecule has 0 aliphatic rings. The monoisotopic (exact) mass is 198 g/mol. The van der Waals surface area contributed by atoms with E-state index in [9.17, 15) is 9.18 Å². The number of thiocarbonyl (C=S) groups is 1. The summed E-state index contributed by atoms with van der Waals surface area (Å²) in [5.74, 6) is -1.14. The molecule has 1 aromatic rings. The fourth-order valence-corrected chi connectivity index (χ4v) is 0.877. The van der Waals surface area contributed by atoms with Crippen LogP contribution in [0.4, 0.5) is 10.1 Å². The third-order valence-electron chi connectivity index (χ3n) is 1.31. The zero-order chi connectivity index (χ0) is 9.84. The number of nitrogens with two attached hydrogens (primary N) is 1. The van der Waals surface area contributed by atoms with Gasteiger partial charge in [0.25, 0.3) is 5.91 Å². The maximum atomic E-state index is 12.6. The second-order valence-corrected chi connectivity index (χ2v) is 2.74. The molecule has 0 aliphatic heterocycles. The van der Waals surface area contributed by atoms with E-state index < -0.39 is 11.7 Å².